The van der Waals surface area contributed by atoms with Crippen LogP contribution in [-0.4, -0.2) is 10.9 Å². The first kappa shape index (κ1) is 14.9. The van der Waals surface area contributed by atoms with E-state index >= 15 is 0 Å². The highest BCUT2D eigenvalue weighted by Gasteiger charge is 2.13. The smallest absolute Gasteiger partial charge is 0.258 e. The van der Waals surface area contributed by atoms with Crippen molar-refractivity contribution in [3.8, 4) is 11.3 Å². The van der Waals surface area contributed by atoms with Gasteiger partial charge in [0.2, 0.25) is 0 Å². The van der Waals surface area contributed by atoms with Gasteiger partial charge in [0.25, 0.3) is 5.91 Å². The maximum absolute atomic E-state index is 13.1. The summed E-state index contributed by atoms with van der Waals surface area (Å²) >= 11 is 4.53. The van der Waals surface area contributed by atoms with Crippen molar-refractivity contribution in [3.63, 3.8) is 0 Å². The Bertz CT molecular complexity index is 820. The predicted octanol–water partition coefficient (Wildman–Crippen LogP) is 4.96. The zero-order chi connectivity index (χ0) is 15.5. The summed E-state index contributed by atoms with van der Waals surface area (Å²) in [5.41, 5.74) is 2.15. The van der Waals surface area contributed by atoms with Crippen LogP contribution in [0.4, 0.5) is 9.52 Å². The van der Waals surface area contributed by atoms with Gasteiger partial charge in [-0.05, 0) is 34.1 Å². The molecule has 0 saturated heterocycles. The second kappa shape index (κ2) is 6.37. The SMILES string of the molecule is O=C(Nc1nc(-c2ccccc2)cs1)c1ccc(F)cc1Br. The zero-order valence-corrected chi connectivity index (χ0v) is 13.6. The summed E-state index contributed by atoms with van der Waals surface area (Å²) in [6.45, 7) is 0. The minimum Gasteiger partial charge on any atom is -0.298 e. The van der Waals surface area contributed by atoms with Crippen molar-refractivity contribution in [1.82, 2.24) is 4.98 Å². The number of hydrogen-bond donors (Lipinski definition) is 1. The number of carbonyl (C=O) groups excluding carboxylic acids is 1. The van der Waals surface area contributed by atoms with Gasteiger partial charge in [-0.2, -0.15) is 0 Å². The van der Waals surface area contributed by atoms with Crippen molar-refractivity contribution >= 4 is 38.3 Å². The Hall–Kier alpha value is -2.05. The molecule has 1 amide bonds. The summed E-state index contributed by atoms with van der Waals surface area (Å²) < 4.78 is 13.5. The Morgan fingerprint density at radius 2 is 1.95 bits per heavy atom. The molecule has 0 aliphatic heterocycles. The molecule has 0 unspecified atom stereocenters. The molecule has 1 N–H and O–H groups in total. The molecule has 0 saturated carbocycles. The maximum Gasteiger partial charge on any atom is 0.258 e. The second-order valence-electron chi connectivity index (χ2n) is 4.48. The Labute approximate surface area is 139 Å². The fourth-order valence-electron chi connectivity index (χ4n) is 1.91. The third-order valence-corrected chi connectivity index (χ3v) is 4.38. The second-order valence-corrected chi connectivity index (χ2v) is 6.19. The molecule has 0 radical (unpaired) electrons. The lowest BCUT2D eigenvalue weighted by atomic mass is 10.2. The standard InChI is InChI=1S/C16H10BrFN2OS/c17-13-8-11(18)6-7-12(13)15(21)20-16-19-14(9-22-16)10-4-2-1-3-5-10/h1-9H,(H,19,20,21). The Kier molecular flexibility index (Phi) is 4.31. The third kappa shape index (κ3) is 3.23. The lowest BCUT2D eigenvalue weighted by Gasteiger charge is -2.04. The molecule has 1 heterocycles. The number of anilines is 1. The molecule has 3 rings (SSSR count). The highest BCUT2D eigenvalue weighted by Crippen LogP contribution is 2.26. The summed E-state index contributed by atoms with van der Waals surface area (Å²) in [5.74, 6) is -0.732. The number of carbonyl (C=O) groups is 1. The molecule has 0 spiro atoms. The van der Waals surface area contributed by atoms with Crippen molar-refractivity contribution in [2.24, 2.45) is 0 Å². The van der Waals surface area contributed by atoms with E-state index in [4.69, 9.17) is 0 Å². The number of thiazole rings is 1. The summed E-state index contributed by atoms with van der Waals surface area (Å²) in [6, 6.07) is 13.6. The molecular weight excluding hydrogens is 367 g/mol. The van der Waals surface area contributed by atoms with Crippen LogP contribution in [0, 0.1) is 5.82 Å². The molecule has 110 valence electrons. The van der Waals surface area contributed by atoms with Gasteiger partial charge in [0.05, 0.1) is 11.3 Å². The van der Waals surface area contributed by atoms with Gasteiger partial charge in [0.1, 0.15) is 5.82 Å². The van der Waals surface area contributed by atoms with Crippen LogP contribution in [-0.2, 0) is 0 Å². The lowest BCUT2D eigenvalue weighted by Crippen LogP contribution is -2.12. The van der Waals surface area contributed by atoms with E-state index in [1.807, 2.05) is 35.7 Å². The van der Waals surface area contributed by atoms with E-state index in [0.717, 1.165) is 11.3 Å². The van der Waals surface area contributed by atoms with E-state index < -0.39 is 5.82 Å². The molecular formula is C16H10BrFN2OS. The Balaban J connectivity index is 1.79. The van der Waals surface area contributed by atoms with Gasteiger partial charge in [-0.3, -0.25) is 10.1 Å². The largest absolute Gasteiger partial charge is 0.298 e. The van der Waals surface area contributed by atoms with Crippen LogP contribution in [0.2, 0.25) is 0 Å². The van der Waals surface area contributed by atoms with Crippen LogP contribution >= 0.6 is 27.3 Å². The van der Waals surface area contributed by atoms with Gasteiger partial charge in [-0.25, -0.2) is 9.37 Å². The molecule has 0 fully saturated rings. The highest BCUT2D eigenvalue weighted by atomic mass is 79.9. The van der Waals surface area contributed by atoms with Gasteiger partial charge in [-0.1, -0.05) is 30.3 Å². The molecule has 0 bridgehead atoms. The number of aromatic nitrogens is 1. The van der Waals surface area contributed by atoms with E-state index in [9.17, 15) is 9.18 Å². The van der Waals surface area contributed by atoms with Crippen molar-refractivity contribution < 1.29 is 9.18 Å². The summed E-state index contributed by atoms with van der Waals surface area (Å²) in [4.78, 5) is 16.6. The molecule has 0 aliphatic rings. The monoisotopic (exact) mass is 376 g/mol. The van der Waals surface area contributed by atoms with Crippen LogP contribution in [0.5, 0.6) is 0 Å². The van der Waals surface area contributed by atoms with Crippen molar-refractivity contribution in [3.05, 3.63) is 69.8 Å². The molecule has 2 aromatic carbocycles. The number of amides is 1. The van der Waals surface area contributed by atoms with Gasteiger partial charge in [0.15, 0.2) is 5.13 Å². The van der Waals surface area contributed by atoms with Crippen LogP contribution in [0.1, 0.15) is 10.4 Å². The first-order valence-electron chi connectivity index (χ1n) is 6.41. The first-order chi connectivity index (χ1) is 10.6. The molecule has 0 atom stereocenters. The summed E-state index contributed by atoms with van der Waals surface area (Å²) in [6.07, 6.45) is 0. The topological polar surface area (TPSA) is 42.0 Å². The van der Waals surface area contributed by atoms with Gasteiger partial charge in [-0.15, -0.1) is 11.3 Å². The van der Waals surface area contributed by atoms with E-state index in [0.29, 0.717) is 15.2 Å². The maximum atomic E-state index is 13.1. The summed E-state index contributed by atoms with van der Waals surface area (Å²) in [5, 5.41) is 5.10. The minimum absolute atomic E-state index is 0.333. The van der Waals surface area contributed by atoms with Crippen molar-refractivity contribution in [2.45, 2.75) is 0 Å². The molecule has 22 heavy (non-hydrogen) atoms. The summed E-state index contributed by atoms with van der Waals surface area (Å²) in [7, 11) is 0. The molecule has 6 heteroatoms. The van der Waals surface area contributed by atoms with Crippen molar-refractivity contribution in [1.29, 1.82) is 0 Å². The van der Waals surface area contributed by atoms with Crippen LogP contribution in [0.25, 0.3) is 11.3 Å². The fourth-order valence-corrected chi connectivity index (χ4v) is 3.16. The molecule has 0 aliphatic carbocycles. The fraction of sp³-hybridized carbons (Fsp3) is 0. The van der Waals surface area contributed by atoms with Crippen LogP contribution < -0.4 is 5.32 Å². The van der Waals surface area contributed by atoms with Gasteiger partial charge in [0, 0.05) is 15.4 Å². The van der Waals surface area contributed by atoms with E-state index in [1.54, 1.807) is 0 Å². The number of benzene rings is 2. The van der Waals surface area contributed by atoms with E-state index in [-0.39, 0.29) is 5.91 Å². The van der Waals surface area contributed by atoms with Gasteiger partial charge >= 0.3 is 0 Å². The number of rotatable bonds is 3. The quantitative estimate of drug-likeness (QED) is 0.701. The average molecular weight is 377 g/mol. The first-order valence-corrected chi connectivity index (χ1v) is 8.08. The highest BCUT2D eigenvalue weighted by molar-refractivity contribution is 9.10. The molecule has 1 aromatic heterocycles. The average Bonchev–Trinajstić information content (AvgIpc) is 2.96. The Morgan fingerprint density at radius 1 is 1.18 bits per heavy atom. The number of nitrogens with one attached hydrogen (secondary N) is 1. The number of nitrogens with zero attached hydrogens (tertiary/aromatic N) is 1. The zero-order valence-electron chi connectivity index (χ0n) is 11.2. The van der Waals surface area contributed by atoms with Crippen LogP contribution in [0.15, 0.2) is 58.4 Å². The number of hydrogen-bond acceptors (Lipinski definition) is 3. The molecule has 3 nitrogen and oxygen atoms in total. The van der Waals surface area contributed by atoms with Crippen molar-refractivity contribution in [2.75, 3.05) is 5.32 Å². The minimum atomic E-state index is -0.399. The van der Waals surface area contributed by atoms with E-state index in [2.05, 4.69) is 26.2 Å². The normalized spacial score (nSPS) is 10.5. The van der Waals surface area contributed by atoms with E-state index in [1.165, 1.54) is 29.5 Å². The lowest BCUT2D eigenvalue weighted by molar-refractivity contribution is 0.102. The molecule has 3 aromatic rings. The Morgan fingerprint density at radius 3 is 2.68 bits per heavy atom. The van der Waals surface area contributed by atoms with Gasteiger partial charge < -0.3 is 0 Å². The van der Waals surface area contributed by atoms with Crippen LogP contribution in [0.3, 0.4) is 0 Å². The number of halogens is 2. The third-order valence-electron chi connectivity index (χ3n) is 2.97. The predicted molar refractivity (Wildman–Crippen MR) is 89.6 cm³/mol.